The molecule has 0 saturated heterocycles. The summed E-state index contributed by atoms with van der Waals surface area (Å²) in [6.45, 7) is 3.72. The number of halogens is 3. The van der Waals surface area contributed by atoms with Gasteiger partial charge in [0.25, 0.3) is 0 Å². The summed E-state index contributed by atoms with van der Waals surface area (Å²) in [5.41, 5.74) is 2.16. The molecule has 0 spiro atoms. The van der Waals surface area contributed by atoms with Crippen LogP contribution in [0.3, 0.4) is 0 Å². The van der Waals surface area contributed by atoms with Crippen molar-refractivity contribution in [2.24, 2.45) is 5.84 Å². The highest BCUT2D eigenvalue weighted by Gasteiger charge is 2.32. The predicted octanol–water partition coefficient (Wildman–Crippen LogP) is 2.09. The number of anilines is 1. The second kappa shape index (κ2) is 5.08. The van der Waals surface area contributed by atoms with E-state index in [0.29, 0.717) is 11.4 Å². The van der Waals surface area contributed by atoms with Crippen LogP contribution >= 0.6 is 0 Å². The average Bonchev–Trinajstić information content (AvgIpc) is 2.86. The molecule has 2 heterocycles. The molecular formula is C11H13F3N6. The van der Waals surface area contributed by atoms with Gasteiger partial charge in [0, 0.05) is 11.8 Å². The van der Waals surface area contributed by atoms with Crippen LogP contribution in [0, 0.1) is 0 Å². The van der Waals surface area contributed by atoms with Gasteiger partial charge in [0.2, 0.25) is 0 Å². The van der Waals surface area contributed by atoms with Gasteiger partial charge in [0.15, 0.2) is 5.82 Å². The number of hydrogen-bond acceptors (Lipinski definition) is 5. The molecule has 3 N–H and O–H groups in total. The van der Waals surface area contributed by atoms with Crippen molar-refractivity contribution in [2.75, 3.05) is 5.43 Å². The molecular weight excluding hydrogens is 273 g/mol. The van der Waals surface area contributed by atoms with Gasteiger partial charge in [0.05, 0.1) is 11.8 Å². The van der Waals surface area contributed by atoms with Crippen LogP contribution in [0.5, 0.6) is 0 Å². The van der Waals surface area contributed by atoms with Gasteiger partial charge in [-0.25, -0.2) is 20.5 Å². The smallest absolute Gasteiger partial charge is 0.308 e. The summed E-state index contributed by atoms with van der Waals surface area (Å²) in [5, 5.41) is 3.71. The fraction of sp³-hybridized carbons (Fsp3) is 0.364. The van der Waals surface area contributed by atoms with E-state index in [1.165, 1.54) is 6.33 Å². The molecule has 9 heteroatoms. The Kier molecular flexibility index (Phi) is 3.62. The highest BCUT2D eigenvalue weighted by Crippen LogP contribution is 2.31. The topological polar surface area (TPSA) is 81.6 Å². The number of aromatic nitrogens is 4. The van der Waals surface area contributed by atoms with Gasteiger partial charge >= 0.3 is 6.18 Å². The SMILES string of the molecule is CC(C)c1c(NN)ncnc1-n1cc(C(F)(F)F)cn1. The monoisotopic (exact) mass is 286 g/mol. The zero-order valence-corrected chi connectivity index (χ0v) is 10.8. The van der Waals surface area contributed by atoms with Crippen LogP contribution < -0.4 is 11.3 Å². The molecule has 0 unspecified atom stereocenters. The van der Waals surface area contributed by atoms with Crippen molar-refractivity contribution in [3.63, 3.8) is 0 Å². The number of nitrogens with zero attached hydrogens (tertiary/aromatic N) is 4. The molecule has 0 bridgehead atoms. The second-order valence-electron chi connectivity index (χ2n) is 4.43. The van der Waals surface area contributed by atoms with Crippen molar-refractivity contribution in [3.8, 4) is 5.82 Å². The van der Waals surface area contributed by atoms with Gasteiger partial charge in [-0.1, -0.05) is 13.8 Å². The van der Waals surface area contributed by atoms with Crippen LogP contribution in [0.4, 0.5) is 19.0 Å². The number of rotatable bonds is 3. The lowest BCUT2D eigenvalue weighted by atomic mass is 10.0. The van der Waals surface area contributed by atoms with E-state index in [-0.39, 0.29) is 11.7 Å². The van der Waals surface area contributed by atoms with E-state index in [2.05, 4.69) is 20.5 Å². The molecule has 2 rings (SSSR count). The zero-order chi connectivity index (χ0) is 14.9. The third-order valence-electron chi connectivity index (χ3n) is 2.70. The summed E-state index contributed by atoms with van der Waals surface area (Å²) in [5.74, 6) is 5.93. The van der Waals surface area contributed by atoms with Gasteiger partial charge in [0.1, 0.15) is 12.1 Å². The van der Waals surface area contributed by atoms with E-state index in [1.54, 1.807) is 0 Å². The Balaban J connectivity index is 2.55. The number of nitrogens with one attached hydrogen (secondary N) is 1. The maximum absolute atomic E-state index is 12.6. The summed E-state index contributed by atoms with van der Waals surface area (Å²) in [7, 11) is 0. The molecule has 0 saturated carbocycles. The first-order valence-electron chi connectivity index (χ1n) is 5.78. The molecule has 2 aromatic rings. The largest absolute Gasteiger partial charge is 0.419 e. The van der Waals surface area contributed by atoms with Crippen LogP contribution in [-0.2, 0) is 6.18 Å². The van der Waals surface area contributed by atoms with Crippen molar-refractivity contribution in [1.82, 2.24) is 19.7 Å². The van der Waals surface area contributed by atoms with Crippen molar-refractivity contribution < 1.29 is 13.2 Å². The second-order valence-corrected chi connectivity index (χ2v) is 4.43. The molecule has 0 aliphatic heterocycles. The third-order valence-corrected chi connectivity index (χ3v) is 2.70. The average molecular weight is 286 g/mol. The van der Waals surface area contributed by atoms with E-state index in [1.807, 2.05) is 13.8 Å². The van der Waals surface area contributed by atoms with Gasteiger partial charge in [-0.2, -0.15) is 18.3 Å². The Morgan fingerprint density at radius 2 is 2.00 bits per heavy atom. The fourth-order valence-electron chi connectivity index (χ4n) is 1.80. The van der Waals surface area contributed by atoms with Crippen molar-refractivity contribution in [2.45, 2.75) is 25.9 Å². The Hall–Kier alpha value is -2.16. The number of nitrogen functional groups attached to an aromatic ring is 1. The number of nitrogens with two attached hydrogens (primary N) is 1. The number of hydrogen-bond donors (Lipinski definition) is 2. The molecule has 0 radical (unpaired) electrons. The van der Waals surface area contributed by atoms with E-state index in [9.17, 15) is 13.2 Å². The van der Waals surface area contributed by atoms with Gasteiger partial charge in [-0.05, 0) is 5.92 Å². The van der Waals surface area contributed by atoms with Crippen molar-refractivity contribution >= 4 is 5.82 Å². The summed E-state index contributed by atoms with van der Waals surface area (Å²) in [6, 6.07) is 0. The summed E-state index contributed by atoms with van der Waals surface area (Å²) in [6.07, 6.45) is -1.60. The normalized spacial score (nSPS) is 11.9. The van der Waals surface area contributed by atoms with Crippen LogP contribution in [0.2, 0.25) is 0 Å². The minimum atomic E-state index is -4.45. The van der Waals surface area contributed by atoms with Gasteiger partial charge < -0.3 is 5.43 Å². The summed E-state index contributed by atoms with van der Waals surface area (Å²) < 4.78 is 38.9. The van der Waals surface area contributed by atoms with Crippen LogP contribution in [0.15, 0.2) is 18.7 Å². The molecule has 0 aliphatic rings. The Bertz CT molecular complexity index is 604. The van der Waals surface area contributed by atoms with Crippen molar-refractivity contribution in [3.05, 3.63) is 29.8 Å². The quantitative estimate of drug-likeness (QED) is 0.667. The predicted molar refractivity (Wildman–Crippen MR) is 66.1 cm³/mol. The first kappa shape index (κ1) is 14.3. The molecule has 0 fully saturated rings. The standard InChI is InChI=1S/C11H13F3N6/c1-6(2)8-9(19-15)16-5-17-10(8)20-4-7(3-18-20)11(12,13)14/h3-6H,15H2,1-2H3,(H,16,17,19). The van der Waals surface area contributed by atoms with E-state index >= 15 is 0 Å². The summed E-state index contributed by atoms with van der Waals surface area (Å²) >= 11 is 0. The Morgan fingerprint density at radius 1 is 1.30 bits per heavy atom. The molecule has 0 atom stereocenters. The maximum Gasteiger partial charge on any atom is 0.419 e. The molecule has 6 nitrogen and oxygen atoms in total. The molecule has 2 aromatic heterocycles. The van der Waals surface area contributed by atoms with Gasteiger partial charge in [-0.15, -0.1) is 0 Å². The highest BCUT2D eigenvalue weighted by atomic mass is 19.4. The Labute approximate surface area is 112 Å². The molecule has 0 aromatic carbocycles. The molecule has 20 heavy (non-hydrogen) atoms. The minimum absolute atomic E-state index is 0.0456. The number of alkyl halides is 3. The van der Waals surface area contributed by atoms with E-state index in [4.69, 9.17) is 5.84 Å². The highest BCUT2D eigenvalue weighted by molar-refractivity contribution is 5.52. The third kappa shape index (κ3) is 2.57. The molecule has 108 valence electrons. The summed E-state index contributed by atoms with van der Waals surface area (Å²) in [4.78, 5) is 7.95. The van der Waals surface area contributed by atoms with E-state index < -0.39 is 11.7 Å². The first-order valence-corrected chi connectivity index (χ1v) is 5.78. The minimum Gasteiger partial charge on any atom is -0.308 e. The number of hydrazine groups is 1. The van der Waals surface area contributed by atoms with Crippen LogP contribution in [0.1, 0.15) is 30.9 Å². The molecule has 0 aliphatic carbocycles. The molecule has 0 amide bonds. The van der Waals surface area contributed by atoms with Gasteiger partial charge in [-0.3, -0.25) is 0 Å². The van der Waals surface area contributed by atoms with Crippen LogP contribution in [-0.4, -0.2) is 19.7 Å². The lowest BCUT2D eigenvalue weighted by Crippen LogP contribution is -2.15. The zero-order valence-electron chi connectivity index (χ0n) is 10.8. The van der Waals surface area contributed by atoms with E-state index in [0.717, 1.165) is 17.1 Å². The maximum atomic E-state index is 12.6. The lowest BCUT2D eigenvalue weighted by Gasteiger charge is -2.14. The fourth-order valence-corrected chi connectivity index (χ4v) is 1.80. The first-order chi connectivity index (χ1) is 9.34. The van der Waals surface area contributed by atoms with Crippen molar-refractivity contribution in [1.29, 1.82) is 0 Å². The lowest BCUT2D eigenvalue weighted by molar-refractivity contribution is -0.137. The Morgan fingerprint density at radius 3 is 2.50 bits per heavy atom. The van der Waals surface area contributed by atoms with Crippen LogP contribution in [0.25, 0.3) is 5.82 Å².